The third kappa shape index (κ3) is 4.08. The van der Waals surface area contributed by atoms with E-state index in [1.165, 1.54) is 22.9 Å². The van der Waals surface area contributed by atoms with Gasteiger partial charge in [0.25, 0.3) is 0 Å². The minimum Gasteiger partial charge on any atom is -0.341 e. The second-order valence-corrected chi connectivity index (χ2v) is 6.09. The van der Waals surface area contributed by atoms with E-state index in [4.69, 9.17) is 11.6 Å². The summed E-state index contributed by atoms with van der Waals surface area (Å²) in [5.41, 5.74) is 2.53. The maximum absolute atomic E-state index is 6.03. The highest BCUT2D eigenvalue weighted by Gasteiger charge is 2.11. The molecule has 0 fully saturated rings. The second-order valence-electron chi connectivity index (χ2n) is 4.71. The van der Waals surface area contributed by atoms with Crippen molar-refractivity contribution in [2.45, 2.75) is 37.7 Å². The Hall–Kier alpha value is -1.33. The highest BCUT2D eigenvalue weighted by molar-refractivity contribution is 7.99. The lowest BCUT2D eigenvalue weighted by Gasteiger charge is -2.18. The topological polar surface area (TPSA) is 41.9 Å². The maximum atomic E-state index is 6.03. The van der Waals surface area contributed by atoms with Crippen LogP contribution in [0.5, 0.6) is 0 Å². The molecule has 0 amide bonds. The molecule has 0 unspecified atom stereocenters. The Bertz CT molecular complexity index is 629. The molecule has 1 aromatic carbocycles. The molecular formula is C15H19ClN4S. The number of hydrogen-bond acceptors (Lipinski definition) is 5. The standard InChI is InChI=1S/C15H19ClN4S/c1-5-20(6-2)14-17-13(16)18-15(19-14)21-12-8-7-10(3)11(4)9-12/h7-9H,5-6H2,1-4H3. The van der Waals surface area contributed by atoms with Gasteiger partial charge in [-0.2, -0.15) is 15.0 Å². The van der Waals surface area contributed by atoms with Crippen molar-refractivity contribution in [1.82, 2.24) is 15.0 Å². The minimum atomic E-state index is 0.234. The molecule has 1 aromatic heterocycles. The monoisotopic (exact) mass is 322 g/mol. The molecular weight excluding hydrogens is 304 g/mol. The second kappa shape index (κ2) is 7.09. The van der Waals surface area contributed by atoms with Crippen LogP contribution in [-0.2, 0) is 0 Å². The molecule has 21 heavy (non-hydrogen) atoms. The number of aromatic nitrogens is 3. The number of halogens is 1. The summed E-state index contributed by atoms with van der Waals surface area (Å²) in [6.45, 7) is 10.0. The number of anilines is 1. The largest absolute Gasteiger partial charge is 0.341 e. The average molecular weight is 323 g/mol. The van der Waals surface area contributed by atoms with Crippen molar-refractivity contribution in [3.8, 4) is 0 Å². The van der Waals surface area contributed by atoms with E-state index in [9.17, 15) is 0 Å². The SMILES string of the molecule is CCN(CC)c1nc(Cl)nc(Sc2ccc(C)c(C)c2)n1. The number of nitrogens with zero attached hydrogens (tertiary/aromatic N) is 4. The number of rotatable bonds is 5. The van der Waals surface area contributed by atoms with Gasteiger partial charge in [-0.3, -0.25) is 0 Å². The average Bonchev–Trinajstić information content (AvgIpc) is 2.44. The van der Waals surface area contributed by atoms with Crippen LogP contribution in [0, 0.1) is 13.8 Å². The van der Waals surface area contributed by atoms with Crippen molar-refractivity contribution >= 4 is 29.3 Å². The van der Waals surface area contributed by atoms with E-state index in [2.05, 4.69) is 65.7 Å². The first kappa shape index (κ1) is 16.0. The Kier molecular flexibility index (Phi) is 5.42. The summed E-state index contributed by atoms with van der Waals surface area (Å²) in [7, 11) is 0. The van der Waals surface area contributed by atoms with Crippen LogP contribution in [0.3, 0.4) is 0 Å². The first-order valence-corrected chi connectivity index (χ1v) is 8.14. The van der Waals surface area contributed by atoms with Crippen LogP contribution in [-0.4, -0.2) is 28.0 Å². The zero-order valence-corrected chi connectivity index (χ0v) is 14.3. The molecule has 0 N–H and O–H groups in total. The molecule has 2 aromatic rings. The van der Waals surface area contributed by atoms with Gasteiger partial charge in [0.1, 0.15) is 0 Å². The smallest absolute Gasteiger partial charge is 0.230 e. The Balaban J connectivity index is 2.29. The van der Waals surface area contributed by atoms with Crippen molar-refractivity contribution in [3.05, 3.63) is 34.6 Å². The normalized spacial score (nSPS) is 10.7. The van der Waals surface area contributed by atoms with Gasteiger partial charge in [-0.1, -0.05) is 6.07 Å². The first-order chi connectivity index (χ1) is 10.0. The predicted octanol–water partition coefficient (Wildman–Crippen LogP) is 4.14. The van der Waals surface area contributed by atoms with E-state index < -0.39 is 0 Å². The number of hydrogen-bond donors (Lipinski definition) is 0. The molecule has 0 radical (unpaired) electrons. The fraction of sp³-hybridized carbons (Fsp3) is 0.400. The molecule has 0 spiro atoms. The molecule has 0 aliphatic rings. The lowest BCUT2D eigenvalue weighted by Crippen LogP contribution is -2.24. The Morgan fingerprint density at radius 1 is 1.05 bits per heavy atom. The molecule has 0 saturated carbocycles. The van der Waals surface area contributed by atoms with Gasteiger partial charge in [0.15, 0.2) is 5.16 Å². The van der Waals surface area contributed by atoms with E-state index in [0.29, 0.717) is 11.1 Å². The van der Waals surface area contributed by atoms with E-state index in [0.717, 1.165) is 18.0 Å². The van der Waals surface area contributed by atoms with Crippen molar-refractivity contribution in [1.29, 1.82) is 0 Å². The summed E-state index contributed by atoms with van der Waals surface area (Å²) in [5, 5.41) is 0.860. The van der Waals surface area contributed by atoms with Gasteiger partial charge in [-0.15, -0.1) is 0 Å². The highest BCUT2D eigenvalue weighted by atomic mass is 35.5. The Morgan fingerprint density at radius 2 is 1.76 bits per heavy atom. The van der Waals surface area contributed by atoms with Crippen molar-refractivity contribution in [2.75, 3.05) is 18.0 Å². The van der Waals surface area contributed by atoms with Gasteiger partial charge in [0.2, 0.25) is 11.2 Å². The van der Waals surface area contributed by atoms with E-state index >= 15 is 0 Å². The van der Waals surface area contributed by atoms with Crippen molar-refractivity contribution < 1.29 is 0 Å². The molecule has 2 rings (SSSR count). The van der Waals surface area contributed by atoms with Gasteiger partial charge in [-0.05, 0) is 74.3 Å². The summed E-state index contributed by atoms with van der Waals surface area (Å²) >= 11 is 7.53. The van der Waals surface area contributed by atoms with Gasteiger partial charge in [0, 0.05) is 18.0 Å². The third-order valence-electron chi connectivity index (χ3n) is 3.31. The summed E-state index contributed by atoms with van der Waals surface area (Å²) in [6, 6.07) is 6.31. The van der Waals surface area contributed by atoms with Crippen molar-refractivity contribution in [3.63, 3.8) is 0 Å². The fourth-order valence-electron chi connectivity index (χ4n) is 1.90. The summed E-state index contributed by atoms with van der Waals surface area (Å²) in [4.78, 5) is 16.1. The van der Waals surface area contributed by atoms with Gasteiger partial charge in [-0.25, -0.2) is 0 Å². The van der Waals surface area contributed by atoms with Crippen LogP contribution in [0.25, 0.3) is 0 Å². The molecule has 1 heterocycles. The van der Waals surface area contributed by atoms with Crippen molar-refractivity contribution in [2.24, 2.45) is 0 Å². The van der Waals surface area contributed by atoms with E-state index in [-0.39, 0.29) is 5.28 Å². The number of benzene rings is 1. The maximum Gasteiger partial charge on any atom is 0.230 e. The highest BCUT2D eigenvalue weighted by Crippen LogP contribution is 2.28. The van der Waals surface area contributed by atoms with Gasteiger partial charge < -0.3 is 4.90 Å². The van der Waals surface area contributed by atoms with Gasteiger partial charge in [0.05, 0.1) is 0 Å². The molecule has 0 saturated heterocycles. The zero-order chi connectivity index (χ0) is 15.4. The quantitative estimate of drug-likeness (QED) is 0.827. The summed E-state index contributed by atoms with van der Waals surface area (Å²) in [6.07, 6.45) is 0. The molecule has 0 bridgehead atoms. The van der Waals surface area contributed by atoms with Gasteiger partial charge >= 0.3 is 0 Å². The summed E-state index contributed by atoms with van der Waals surface area (Å²) < 4.78 is 0. The first-order valence-electron chi connectivity index (χ1n) is 6.95. The number of aryl methyl sites for hydroxylation is 2. The molecule has 112 valence electrons. The van der Waals surface area contributed by atoms with Crippen LogP contribution in [0.1, 0.15) is 25.0 Å². The summed E-state index contributed by atoms with van der Waals surface area (Å²) in [5.74, 6) is 0.631. The van der Waals surface area contributed by atoms with Crippen LogP contribution in [0.15, 0.2) is 28.3 Å². The Labute approximate surface area is 135 Å². The minimum absolute atomic E-state index is 0.234. The molecule has 0 atom stereocenters. The predicted molar refractivity (Wildman–Crippen MR) is 88.4 cm³/mol. The van der Waals surface area contributed by atoms with E-state index in [1.54, 1.807) is 0 Å². The Morgan fingerprint density at radius 3 is 2.38 bits per heavy atom. The van der Waals surface area contributed by atoms with E-state index in [1.807, 2.05) is 0 Å². The van der Waals surface area contributed by atoms with Crippen LogP contribution >= 0.6 is 23.4 Å². The third-order valence-corrected chi connectivity index (χ3v) is 4.33. The molecule has 6 heteroatoms. The molecule has 4 nitrogen and oxygen atoms in total. The van der Waals surface area contributed by atoms with Crippen LogP contribution in [0.4, 0.5) is 5.95 Å². The van der Waals surface area contributed by atoms with Crippen LogP contribution in [0.2, 0.25) is 5.28 Å². The zero-order valence-electron chi connectivity index (χ0n) is 12.7. The fourth-order valence-corrected chi connectivity index (χ4v) is 2.95. The lowest BCUT2D eigenvalue weighted by atomic mass is 10.1. The molecule has 0 aliphatic heterocycles. The van der Waals surface area contributed by atoms with Crippen LogP contribution < -0.4 is 4.90 Å². The molecule has 0 aliphatic carbocycles. The lowest BCUT2D eigenvalue weighted by molar-refractivity contribution is 0.782.